The van der Waals surface area contributed by atoms with Crippen molar-refractivity contribution in [2.45, 2.75) is 32.6 Å². The van der Waals surface area contributed by atoms with Crippen molar-refractivity contribution >= 4 is 23.2 Å². The fourth-order valence-corrected chi connectivity index (χ4v) is 2.91. The summed E-state index contributed by atoms with van der Waals surface area (Å²) in [5.74, 6) is 0.577. The van der Waals surface area contributed by atoms with Crippen LogP contribution in [0.25, 0.3) is 17.0 Å². The van der Waals surface area contributed by atoms with Gasteiger partial charge < -0.3 is 5.32 Å². The highest BCUT2D eigenvalue weighted by atomic mass is 35.5. The first-order valence-corrected chi connectivity index (χ1v) is 8.12. The quantitative estimate of drug-likeness (QED) is 0.766. The summed E-state index contributed by atoms with van der Waals surface area (Å²) in [6.07, 6.45) is 0.356. The summed E-state index contributed by atoms with van der Waals surface area (Å²) in [4.78, 5) is 15.9. The van der Waals surface area contributed by atoms with Gasteiger partial charge >= 0.3 is 0 Å². The molecule has 0 radical (unpaired) electrons. The minimum atomic E-state index is -0.110. The van der Waals surface area contributed by atoms with E-state index in [1.165, 1.54) is 0 Å². The number of amides is 1. The lowest BCUT2D eigenvalue weighted by Crippen LogP contribution is -2.19. The summed E-state index contributed by atoms with van der Waals surface area (Å²) < 4.78 is 1.61. The molecule has 126 valence electrons. The fraction of sp³-hybridized carbons (Fsp3) is 0.353. The SMILES string of the molecule is CNC(=O)Cc1ccc(-c2nc3c(Cl)c(C(C)(C)C)[nH]n3n2)cc1. The molecule has 7 heteroatoms. The van der Waals surface area contributed by atoms with Crippen LogP contribution in [-0.4, -0.2) is 32.8 Å². The number of hydrogen-bond donors (Lipinski definition) is 2. The molecule has 1 amide bonds. The molecule has 0 aliphatic heterocycles. The van der Waals surface area contributed by atoms with Crippen molar-refractivity contribution in [2.24, 2.45) is 0 Å². The van der Waals surface area contributed by atoms with Gasteiger partial charge in [0.25, 0.3) is 0 Å². The summed E-state index contributed by atoms with van der Waals surface area (Å²) >= 11 is 6.44. The first kappa shape index (κ1) is 16.5. The van der Waals surface area contributed by atoms with Crippen molar-refractivity contribution < 1.29 is 4.79 Å². The van der Waals surface area contributed by atoms with E-state index in [9.17, 15) is 4.79 Å². The van der Waals surface area contributed by atoms with Crippen molar-refractivity contribution in [3.05, 3.63) is 40.5 Å². The average Bonchev–Trinajstić information content (AvgIpc) is 3.07. The smallest absolute Gasteiger partial charge is 0.224 e. The number of hydrogen-bond acceptors (Lipinski definition) is 3. The van der Waals surface area contributed by atoms with E-state index in [0.717, 1.165) is 16.8 Å². The molecule has 3 rings (SSSR count). The van der Waals surface area contributed by atoms with Gasteiger partial charge in [-0.15, -0.1) is 5.10 Å². The molecule has 2 N–H and O–H groups in total. The molecule has 0 bridgehead atoms. The molecular weight excluding hydrogens is 326 g/mol. The predicted molar refractivity (Wildman–Crippen MR) is 94.3 cm³/mol. The molecule has 2 heterocycles. The number of halogens is 1. The summed E-state index contributed by atoms with van der Waals surface area (Å²) in [7, 11) is 1.63. The van der Waals surface area contributed by atoms with Crippen LogP contribution in [0.1, 0.15) is 32.0 Å². The summed E-state index contributed by atoms with van der Waals surface area (Å²) in [5, 5.41) is 10.9. The Balaban J connectivity index is 1.91. The number of fused-ring (bicyclic) bond motifs is 1. The van der Waals surface area contributed by atoms with E-state index in [-0.39, 0.29) is 11.3 Å². The van der Waals surface area contributed by atoms with E-state index in [2.05, 4.69) is 41.3 Å². The Morgan fingerprint density at radius 3 is 2.50 bits per heavy atom. The molecule has 0 fully saturated rings. The van der Waals surface area contributed by atoms with Gasteiger partial charge in [-0.25, -0.2) is 4.98 Å². The zero-order valence-corrected chi connectivity index (χ0v) is 14.9. The van der Waals surface area contributed by atoms with E-state index in [1.807, 2.05) is 24.3 Å². The van der Waals surface area contributed by atoms with Crippen molar-refractivity contribution in [3.63, 3.8) is 0 Å². The molecule has 0 saturated carbocycles. The molecule has 2 aromatic heterocycles. The highest BCUT2D eigenvalue weighted by Gasteiger charge is 2.24. The summed E-state index contributed by atoms with van der Waals surface area (Å²) in [5.41, 5.74) is 3.23. The number of H-pyrrole nitrogens is 1. The normalized spacial score (nSPS) is 11.9. The van der Waals surface area contributed by atoms with Gasteiger partial charge in [0.05, 0.1) is 12.1 Å². The van der Waals surface area contributed by atoms with E-state index < -0.39 is 0 Å². The largest absolute Gasteiger partial charge is 0.359 e. The maximum Gasteiger partial charge on any atom is 0.224 e. The van der Waals surface area contributed by atoms with Crippen LogP contribution in [0.5, 0.6) is 0 Å². The Labute approximate surface area is 145 Å². The zero-order valence-electron chi connectivity index (χ0n) is 14.1. The van der Waals surface area contributed by atoms with E-state index in [4.69, 9.17) is 11.6 Å². The highest BCUT2D eigenvalue weighted by Crippen LogP contribution is 2.31. The third-order valence-corrected chi connectivity index (χ3v) is 4.20. The topological polar surface area (TPSA) is 75.1 Å². The van der Waals surface area contributed by atoms with Gasteiger partial charge in [0.1, 0.15) is 5.02 Å². The number of benzene rings is 1. The molecule has 0 aliphatic carbocycles. The van der Waals surface area contributed by atoms with Crippen LogP contribution in [-0.2, 0) is 16.6 Å². The minimum Gasteiger partial charge on any atom is -0.359 e. The van der Waals surface area contributed by atoms with Gasteiger partial charge in [-0.1, -0.05) is 56.6 Å². The van der Waals surface area contributed by atoms with Crippen molar-refractivity contribution in [3.8, 4) is 11.4 Å². The van der Waals surface area contributed by atoms with Gasteiger partial charge in [-0.05, 0) is 5.56 Å². The van der Waals surface area contributed by atoms with Crippen LogP contribution in [0.15, 0.2) is 24.3 Å². The number of likely N-dealkylation sites (N-methyl/N-ethyl adjacent to an activating group) is 1. The molecule has 6 nitrogen and oxygen atoms in total. The number of carbonyl (C=O) groups excluding carboxylic acids is 1. The number of nitrogens with one attached hydrogen (secondary N) is 2. The Bertz CT molecular complexity index is 886. The van der Waals surface area contributed by atoms with Crippen LogP contribution >= 0.6 is 11.6 Å². The Morgan fingerprint density at radius 2 is 1.96 bits per heavy atom. The van der Waals surface area contributed by atoms with E-state index in [1.54, 1.807) is 11.7 Å². The van der Waals surface area contributed by atoms with Gasteiger partial charge in [0.2, 0.25) is 5.91 Å². The molecule has 0 aliphatic rings. The minimum absolute atomic E-state index is 0.0160. The third kappa shape index (κ3) is 3.01. The van der Waals surface area contributed by atoms with Crippen LogP contribution in [0, 0.1) is 0 Å². The van der Waals surface area contributed by atoms with Crippen LogP contribution in [0.4, 0.5) is 0 Å². The Kier molecular flexibility index (Phi) is 4.09. The zero-order chi connectivity index (χ0) is 17.5. The number of aromatic amines is 1. The molecule has 0 atom stereocenters. The van der Waals surface area contributed by atoms with Gasteiger partial charge in [-0.2, -0.15) is 4.63 Å². The molecule has 0 spiro atoms. The number of rotatable bonds is 3. The van der Waals surface area contributed by atoms with Crippen LogP contribution in [0.3, 0.4) is 0 Å². The van der Waals surface area contributed by atoms with Crippen molar-refractivity contribution in [2.75, 3.05) is 7.05 Å². The molecule has 3 aromatic rings. The Hall–Kier alpha value is -2.34. The van der Waals surface area contributed by atoms with Crippen molar-refractivity contribution in [1.29, 1.82) is 0 Å². The summed E-state index contributed by atoms with van der Waals surface area (Å²) in [6.45, 7) is 6.24. The first-order valence-electron chi connectivity index (χ1n) is 7.74. The third-order valence-electron chi connectivity index (χ3n) is 3.85. The van der Waals surface area contributed by atoms with Gasteiger partial charge in [0.15, 0.2) is 11.5 Å². The van der Waals surface area contributed by atoms with Gasteiger partial charge in [-0.3, -0.25) is 9.89 Å². The molecule has 0 saturated heterocycles. The maximum atomic E-state index is 11.4. The maximum absolute atomic E-state index is 11.4. The molecule has 1 aromatic carbocycles. The second-order valence-corrected chi connectivity index (χ2v) is 7.15. The standard InChI is InChI=1S/C17H20ClN5O/c1-17(2,3)14-13(18)16-20-15(22-23(16)21-14)11-7-5-10(6-8-11)9-12(24)19-4/h5-8,21H,9H2,1-4H3,(H,19,24). The lowest BCUT2D eigenvalue weighted by atomic mass is 9.92. The predicted octanol–water partition coefficient (Wildman–Crippen LogP) is 2.96. The second-order valence-electron chi connectivity index (χ2n) is 6.77. The first-order chi connectivity index (χ1) is 11.3. The lowest BCUT2D eigenvalue weighted by molar-refractivity contribution is -0.119. The van der Waals surface area contributed by atoms with Crippen molar-refractivity contribution in [1.82, 2.24) is 25.1 Å². The Morgan fingerprint density at radius 1 is 1.29 bits per heavy atom. The molecule has 0 unspecified atom stereocenters. The van der Waals surface area contributed by atoms with Crippen LogP contribution < -0.4 is 5.32 Å². The van der Waals surface area contributed by atoms with Crippen LogP contribution in [0.2, 0.25) is 5.02 Å². The fourth-order valence-electron chi connectivity index (χ4n) is 2.46. The average molecular weight is 346 g/mol. The lowest BCUT2D eigenvalue weighted by Gasteiger charge is -2.16. The molecule has 24 heavy (non-hydrogen) atoms. The second kappa shape index (κ2) is 5.94. The monoisotopic (exact) mass is 345 g/mol. The number of aromatic nitrogens is 4. The van der Waals surface area contributed by atoms with E-state index in [0.29, 0.717) is 22.9 Å². The molecular formula is C17H20ClN5O. The summed E-state index contributed by atoms with van der Waals surface area (Å²) in [6, 6.07) is 7.63. The van der Waals surface area contributed by atoms with E-state index >= 15 is 0 Å². The number of nitrogens with zero attached hydrogens (tertiary/aromatic N) is 3. The number of carbonyl (C=O) groups is 1. The highest BCUT2D eigenvalue weighted by molar-refractivity contribution is 6.34. The van der Waals surface area contributed by atoms with Gasteiger partial charge in [0, 0.05) is 18.0 Å².